The van der Waals surface area contributed by atoms with Crippen molar-refractivity contribution in [3.8, 4) is 0 Å². The van der Waals surface area contributed by atoms with Crippen molar-refractivity contribution in [2.45, 2.75) is 32.5 Å². The summed E-state index contributed by atoms with van der Waals surface area (Å²) in [6.45, 7) is 3.23. The van der Waals surface area contributed by atoms with Gasteiger partial charge in [-0.1, -0.05) is 0 Å². The summed E-state index contributed by atoms with van der Waals surface area (Å²) in [5, 5.41) is 22.1. The van der Waals surface area contributed by atoms with Crippen LogP contribution in [0.15, 0.2) is 12.3 Å². The second-order valence-electron chi connectivity index (χ2n) is 4.14. The summed E-state index contributed by atoms with van der Waals surface area (Å²) in [5.41, 5.74) is 0.716. The minimum Gasteiger partial charge on any atom is -0.390 e. The molecule has 0 spiro atoms. The Morgan fingerprint density at radius 3 is 2.78 bits per heavy atom. The van der Waals surface area contributed by atoms with Crippen molar-refractivity contribution in [2.24, 2.45) is 0 Å². The SMILES string of the molecule is CC(=O)NCCC(O)C(O)c1ncc(F)cc1C. The predicted molar refractivity (Wildman–Crippen MR) is 63.2 cm³/mol. The summed E-state index contributed by atoms with van der Waals surface area (Å²) in [7, 11) is 0. The number of rotatable bonds is 5. The van der Waals surface area contributed by atoms with Gasteiger partial charge in [0.1, 0.15) is 11.9 Å². The third-order valence-corrected chi connectivity index (χ3v) is 2.54. The quantitative estimate of drug-likeness (QED) is 0.714. The Balaban J connectivity index is 2.62. The van der Waals surface area contributed by atoms with Crippen LogP contribution in [0.4, 0.5) is 4.39 Å². The van der Waals surface area contributed by atoms with Crippen LogP contribution in [-0.2, 0) is 4.79 Å². The van der Waals surface area contributed by atoms with E-state index in [9.17, 15) is 19.4 Å². The van der Waals surface area contributed by atoms with E-state index in [0.717, 1.165) is 6.20 Å². The van der Waals surface area contributed by atoms with E-state index >= 15 is 0 Å². The van der Waals surface area contributed by atoms with Crippen LogP contribution in [0.25, 0.3) is 0 Å². The van der Waals surface area contributed by atoms with Crippen LogP contribution in [-0.4, -0.2) is 33.8 Å². The van der Waals surface area contributed by atoms with Gasteiger partial charge in [-0.05, 0) is 25.0 Å². The van der Waals surface area contributed by atoms with Gasteiger partial charge in [-0.3, -0.25) is 9.78 Å². The van der Waals surface area contributed by atoms with Crippen LogP contribution >= 0.6 is 0 Å². The summed E-state index contributed by atoms with van der Waals surface area (Å²) in [6.07, 6.45) is -1.07. The summed E-state index contributed by atoms with van der Waals surface area (Å²) in [6, 6.07) is 1.24. The number of pyridine rings is 1. The lowest BCUT2D eigenvalue weighted by Gasteiger charge is -2.18. The zero-order valence-corrected chi connectivity index (χ0v) is 10.4. The molecule has 3 N–H and O–H groups in total. The molecule has 6 heteroatoms. The first kappa shape index (κ1) is 14.5. The highest BCUT2D eigenvalue weighted by Gasteiger charge is 2.21. The summed E-state index contributed by atoms with van der Waals surface area (Å²) in [4.78, 5) is 14.4. The minimum atomic E-state index is -1.20. The molecule has 1 aromatic rings. The highest BCUT2D eigenvalue weighted by atomic mass is 19.1. The molecule has 1 aromatic heterocycles. The van der Waals surface area contributed by atoms with Crippen LogP contribution in [0, 0.1) is 12.7 Å². The van der Waals surface area contributed by atoms with Crippen LogP contribution < -0.4 is 5.32 Å². The molecule has 0 aliphatic heterocycles. The van der Waals surface area contributed by atoms with Crippen LogP contribution in [0.1, 0.15) is 30.7 Å². The van der Waals surface area contributed by atoms with E-state index in [0.29, 0.717) is 5.56 Å². The van der Waals surface area contributed by atoms with Gasteiger partial charge < -0.3 is 15.5 Å². The third-order valence-electron chi connectivity index (χ3n) is 2.54. The largest absolute Gasteiger partial charge is 0.390 e. The average Bonchev–Trinajstić information content (AvgIpc) is 2.27. The molecular weight excluding hydrogens is 239 g/mol. The molecule has 1 rings (SSSR count). The number of carbonyl (C=O) groups excluding carboxylic acids is 1. The maximum absolute atomic E-state index is 12.8. The lowest BCUT2D eigenvalue weighted by atomic mass is 10.0. The van der Waals surface area contributed by atoms with Gasteiger partial charge in [0, 0.05) is 13.5 Å². The lowest BCUT2D eigenvalue weighted by molar-refractivity contribution is -0.119. The number of hydrogen-bond donors (Lipinski definition) is 3. The molecular formula is C12H17FN2O3. The molecule has 0 saturated carbocycles. The van der Waals surface area contributed by atoms with E-state index in [-0.39, 0.29) is 24.6 Å². The molecule has 2 atom stereocenters. The van der Waals surface area contributed by atoms with E-state index in [1.807, 2.05) is 0 Å². The third kappa shape index (κ3) is 4.05. The zero-order valence-electron chi connectivity index (χ0n) is 10.4. The van der Waals surface area contributed by atoms with Crippen molar-refractivity contribution in [2.75, 3.05) is 6.54 Å². The van der Waals surface area contributed by atoms with Crippen molar-refractivity contribution in [3.63, 3.8) is 0 Å². The number of halogens is 1. The first-order valence-electron chi connectivity index (χ1n) is 5.64. The van der Waals surface area contributed by atoms with E-state index in [4.69, 9.17) is 0 Å². The highest BCUT2D eigenvalue weighted by Crippen LogP contribution is 2.20. The van der Waals surface area contributed by atoms with Crippen LogP contribution in [0.2, 0.25) is 0 Å². The maximum atomic E-state index is 12.8. The first-order chi connectivity index (χ1) is 8.41. The van der Waals surface area contributed by atoms with E-state index in [1.54, 1.807) is 6.92 Å². The Labute approximate surface area is 105 Å². The van der Waals surface area contributed by atoms with Crippen LogP contribution in [0.3, 0.4) is 0 Å². The molecule has 0 bridgehead atoms. The molecule has 0 aliphatic rings. The predicted octanol–water partition coefficient (Wildman–Crippen LogP) is 0.450. The molecule has 1 heterocycles. The van der Waals surface area contributed by atoms with Gasteiger partial charge in [-0.15, -0.1) is 0 Å². The standard InChI is InChI=1S/C12H17FN2O3/c1-7-5-9(13)6-15-11(7)12(18)10(17)3-4-14-8(2)16/h5-6,10,12,17-18H,3-4H2,1-2H3,(H,14,16). The molecule has 5 nitrogen and oxygen atoms in total. The molecule has 1 amide bonds. The number of nitrogens with zero attached hydrogens (tertiary/aromatic N) is 1. The van der Waals surface area contributed by atoms with Gasteiger partial charge in [-0.25, -0.2) is 4.39 Å². The normalized spacial score (nSPS) is 14.1. The molecule has 2 unspecified atom stereocenters. The van der Waals surface area contributed by atoms with Crippen molar-refractivity contribution in [1.29, 1.82) is 0 Å². The molecule has 100 valence electrons. The van der Waals surface area contributed by atoms with Gasteiger partial charge in [0.2, 0.25) is 5.91 Å². The molecule has 0 saturated heterocycles. The molecule has 18 heavy (non-hydrogen) atoms. The number of hydrogen-bond acceptors (Lipinski definition) is 4. The number of amides is 1. The topological polar surface area (TPSA) is 82.5 Å². The molecule has 0 fully saturated rings. The Hall–Kier alpha value is -1.53. The van der Waals surface area contributed by atoms with E-state index in [2.05, 4.69) is 10.3 Å². The number of aliphatic hydroxyl groups is 2. The fraction of sp³-hybridized carbons (Fsp3) is 0.500. The summed E-state index contributed by atoms with van der Waals surface area (Å²) < 4.78 is 12.8. The van der Waals surface area contributed by atoms with Gasteiger partial charge in [0.05, 0.1) is 18.0 Å². The molecule has 0 radical (unpaired) electrons. The zero-order chi connectivity index (χ0) is 13.7. The summed E-state index contributed by atoms with van der Waals surface area (Å²) in [5.74, 6) is -0.691. The average molecular weight is 256 g/mol. The van der Waals surface area contributed by atoms with Crippen molar-refractivity contribution < 1.29 is 19.4 Å². The van der Waals surface area contributed by atoms with E-state index in [1.165, 1.54) is 13.0 Å². The smallest absolute Gasteiger partial charge is 0.216 e. The fourth-order valence-electron chi connectivity index (χ4n) is 1.60. The monoisotopic (exact) mass is 256 g/mol. The Kier molecular flexibility index (Phi) is 5.18. The second-order valence-corrected chi connectivity index (χ2v) is 4.14. The number of nitrogens with one attached hydrogen (secondary N) is 1. The van der Waals surface area contributed by atoms with Crippen LogP contribution in [0.5, 0.6) is 0 Å². The van der Waals surface area contributed by atoms with Crippen molar-refractivity contribution >= 4 is 5.91 Å². The number of carbonyl (C=O) groups is 1. The van der Waals surface area contributed by atoms with E-state index < -0.39 is 18.0 Å². The fourth-order valence-corrected chi connectivity index (χ4v) is 1.60. The Bertz CT molecular complexity index is 426. The van der Waals surface area contributed by atoms with Gasteiger partial charge >= 0.3 is 0 Å². The number of aryl methyl sites for hydroxylation is 1. The van der Waals surface area contributed by atoms with Gasteiger partial charge in [0.15, 0.2) is 0 Å². The van der Waals surface area contributed by atoms with Crippen molar-refractivity contribution in [3.05, 3.63) is 29.3 Å². The highest BCUT2D eigenvalue weighted by molar-refractivity contribution is 5.72. The minimum absolute atomic E-state index is 0.194. The number of aliphatic hydroxyl groups excluding tert-OH is 2. The number of aromatic nitrogens is 1. The Morgan fingerprint density at radius 2 is 2.22 bits per heavy atom. The second kappa shape index (κ2) is 6.42. The molecule has 0 aliphatic carbocycles. The molecule has 0 aromatic carbocycles. The maximum Gasteiger partial charge on any atom is 0.216 e. The Morgan fingerprint density at radius 1 is 1.56 bits per heavy atom. The van der Waals surface area contributed by atoms with Crippen molar-refractivity contribution in [1.82, 2.24) is 10.3 Å². The lowest BCUT2D eigenvalue weighted by Crippen LogP contribution is -2.28. The first-order valence-corrected chi connectivity index (χ1v) is 5.64. The van der Waals surface area contributed by atoms with Gasteiger partial charge in [0.25, 0.3) is 0 Å². The van der Waals surface area contributed by atoms with Gasteiger partial charge in [-0.2, -0.15) is 0 Å². The summed E-state index contributed by atoms with van der Waals surface area (Å²) >= 11 is 0.